The highest BCUT2D eigenvalue weighted by molar-refractivity contribution is 4.77. The highest BCUT2D eigenvalue weighted by atomic mass is 14.3. The molecule has 0 amide bonds. The Bertz CT molecular complexity index is 427. The summed E-state index contributed by atoms with van der Waals surface area (Å²) in [6.07, 6.45) is 8.67. The van der Waals surface area contributed by atoms with Crippen LogP contribution in [0.4, 0.5) is 0 Å². The molecule has 38 heavy (non-hydrogen) atoms. The van der Waals surface area contributed by atoms with Gasteiger partial charge >= 0.3 is 0 Å². The molecule has 0 aromatic rings. The molecule has 0 spiro atoms. The van der Waals surface area contributed by atoms with Crippen LogP contribution in [0.2, 0.25) is 0 Å². The van der Waals surface area contributed by atoms with Crippen molar-refractivity contribution < 1.29 is 0 Å². The summed E-state index contributed by atoms with van der Waals surface area (Å²) in [6, 6.07) is 0. The second-order valence-electron chi connectivity index (χ2n) is 16.4. The van der Waals surface area contributed by atoms with Gasteiger partial charge in [-0.05, 0) is 57.7 Å². The molecule has 1 unspecified atom stereocenters. The smallest absolute Gasteiger partial charge is 0.0334 e. The first kappa shape index (κ1) is 57.8. The van der Waals surface area contributed by atoms with E-state index >= 15 is 0 Å². The highest BCUT2D eigenvalue weighted by Crippen LogP contribution is 2.37. The van der Waals surface area contributed by atoms with E-state index in [1.165, 1.54) is 38.5 Å². The van der Waals surface area contributed by atoms with Gasteiger partial charge in [-0.3, -0.25) is 0 Å². The first-order valence-electron chi connectivity index (χ1n) is 14.3. The van der Waals surface area contributed by atoms with Gasteiger partial charge in [0.15, 0.2) is 0 Å². The largest absolute Gasteiger partial charge is 0.0776 e. The van der Waals surface area contributed by atoms with Crippen molar-refractivity contribution in [1.29, 1.82) is 0 Å². The molecule has 1 aliphatic rings. The summed E-state index contributed by atoms with van der Waals surface area (Å²) < 4.78 is 0. The average molecular weight is 549 g/mol. The van der Waals surface area contributed by atoms with Gasteiger partial charge in [-0.15, -0.1) is 0 Å². The Morgan fingerprint density at radius 1 is 0.500 bits per heavy atom. The second kappa shape index (κ2) is 23.7. The van der Waals surface area contributed by atoms with E-state index in [0.717, 1.165) is 17.8 Å². The first-order chi connectivity index (χ1) is 14.3. The zero-order valence-corrected chi connectivity index (χ0v) is 27.5. The van der Waals surface area contributed by atoms with Crippen molar-refractivity contribution in [2.45, 2.75) is 207 Å². The third-order valence-corrected chi connectivity index (χ3v) is 8.90. The molecule has 1 saturated carbocycles. The van der Waals surface area contributed by atoms with Crippen molar-refractivity contribution in [3.05, 3.63) is 0 Å². The van der Waals surface area contributed by atoms with Crippen molar-refractivity contribution in [3.63, 3.8) is 0 Å². The lowest BCUT2D eigenvalue weighted by atomic mass is 9.71. The standard InChI is InChI=1S/C10H20.2C8H18.C7H16.5CH4/c1-10(2,3)9-7-5-4-6-8-9;1-7(2,3)8(4,5)6;1-6-7(2)8(3,4)5;1-6(2)7(3,4)5;;;;;/h9H,4-8H2,1-3H3;1-6H3;7H,6H2,1-5H3;6H,1-5H3;5*1H4. The number of rotatable bonds is 1. The molecule has 0 saturated heterocycles. The molecule has 0 aliphatic heterocycles. The van der Waals surface area contributed by atoms with Gasteiger partial charge in [-0.1, -0.05) is 194 Å². The molecule has 0 heterocycles. The van der Waals surface area contributed by atoms with Crippen LogP contribution in [-0.2, 0) is 0 Å². The van der Waals surface area contributed by atoms with Gasteiger partial charge in [0.25, 0.3) is 0 Å². The highest BCUT2D eigenvalue weighted by Gasteiger charge is 2.27. The molecule has 244 valence electrons. The van der Waals surface area contributed by atoms with Crippen molar-refractivity contribution >= 4 is 0 Å². The Balaban J connectivity index is -0.0000000509. The normalized spacial score (nSPS) is 14.8. The molecule has 0 aromatic heterocycles. The Labute approximate surface area is 251 Å². The SMILES string of the molecule is C.C.C.C.C.CC(C)(C)C(C)(C)C.CC(C)(C)C1CCCCC1.CC(C)C(C)(C)C.CCC(C)C(C)(C)C. The van der Waals surface area contributed by atoms with Crippen LogP contribution in [0.1, 0.15) is 207 Å². The molecule has 1 aliphatic carbocycles. The molecular weight excluding hydrogens is 456 g/mol. The van der Waals surface area contributed by atoms with Gasteiger partial charge in [-0.25, -0.2) is 0 Å². The molecule has 0 nitrogen and oxygen atoms in total. The lowest BCUT2D eigenvalue weighted by Crippen LogP contribution is -2.25. The predicted molar refractivity (Wildman–Crippen MR) is 192 cm³/mol. The Morgan fingerprint density at radius 2 is 0.763 bits per heavy atom. The van der Waals surface area contributed by atoms with Crippen LogP contribution in [0.5, 0.6) is 0 Å². The van der Waals surface area contributed by atoms with Crippen LogP contribution in [0.25, 0.3) is 0 Å². The summed E-state index contributed by atoms with van der Waals surface area (Å²) in [7, 11) is 0. The number of hydrogen-bond donors (Lipinski definition) is 0. The lowest BCUT2D eigenvalue weighted by Gasteiger charge is -2.34. The third-order valence-electron chi connectivity index (χ3n) is 8.90. The fourth-order valence-corrected chi connectivity index (χ4v) is 2.58. The molecular formula is C38H92. The van der Waals surface area contributed by atoms with Crippen LogP contribution in [0.3, 0.4) is 0 Å². The minimum absolute atomic E-state index is 0. The third kappa shape index (κ3) is 32.2. The first-order valence-corrected chi connectivity index (χ1v) is 14.3. The van der Waals surface area contributed by atoms with E-state index in [0.29, 0.717) is 27.1 Å². The Kier molecular flexibility index (Phi) is 36.0. The minimum Gasteiger partial charge on any atom is -0.0776 e. The maximum Gasteiger partial charge on any atom is -0.0334 e. The van der Waals surface area contributed by atoms with Crippen LogP contribution in [-0.4, -0.2) is 0 Å². The van der Waals surface area contributed by atoms with Crippen molar-refractivity contribution in [3.8, 4) is 0 Å². The fraction of sp³-hybridized carbons (Fsp3) is 1.00. The van der Waals surface area contributed by atoms with Crippen molar-refractivity contribution in [1.82, 2.24) is 0 Å². The van der Waals surface area contributed by atoms with Crippen LogP contribution in [0, 0.1) is 44.8 Å². The van der Waals surface area contributed by atoms with Gasteiger partial charge in [0.05, 0.1) is 0 Å². The molecule has 0 aromatic carbocycles. The van der Waals surface area contributed by atoms with Gasteiger partial charge in [0.2, 0.25) is 0 Å². The topological polar surface area (TPSA) is 0 Å². The Hall–Kier alpha value is 0. The van der Waals surface area contributed by atoms with Crippen molar-refractivity contribution in [2.24, 2.45) is 44.8 Å². The monoisotopic (exact) mass is 549 g/mol. The van der Waals surface area contributed by atoms with E-state index in [9.17, 15) is 0 Å². The van der Waals surface area contributed by atoms with Gasteiger partial charge in [0.1, 0.15) is 0 Å². The van der Waals surface area contributed by atoms with E-state index in [4.69, 9.17) is 0 Å². The van der Waals surface area contributed by atoms with E-state index in [-0.39, 0.29) is 37.1 Å². The molecule has 1 fully saturated rings. The van der Waals surface area contributed by atoms with Crippen molar-refractivity contribution in [2.75, 3.05) is 0 Å². The van der Waals surface area contributed by atoms with Crippen LogP contribution >= 0.6 is 0 Å². The summed E-state index contributed by atoms with van der Waals surface area (Å²) in [4.78, 5) is 0. The molecule has 0 N–H and O–H groups in total. The maximum absolute atomic E-state index is 2.38. The summed E-state index contributed by atoms with van der Waals surface area (Å²) >= 11 is 0. The van der Waals surface area contributed by atoms with E-state index < -0.39 is 0 Å². The van der Waals surface area contributed by atoms with Crippen LogP contribution < -0.4 is 0 Å². The fourth-order valence-electron chi connectivity index (χ4n) is 2.58. The summed E-state index contributed by atoms with van der Waals surface area (Å²) in [5, 5.41) is 0. The summed E-state index contributed by atoms with van der Waals surface area (Å²) in [6.45, 7) is 43.5. The van der Waals surface area contributed by atoms with Crippen LogP contribution in [0.15, 0.2) is 0 Å². The molecule has 0 bridgehead atoms. The molecule has 0 radical (unpaired) electrons. The van der Waals surface area contributed by atoms with E-state index in [1.807, 2.05) is 0 Å². The lowest BCUT2D eigenvalue weighted by molar-refractivity contribution is 0.157. The molecule has 0 heteroatoms. The maximum atomic E-state index is 2.38. The quantitative estimate of drug-likeness (QED) is 0.305. The minimum atomic E-state index is 0. The zero-order chi connectivity index (χ0) is 27.5. The zero-order valence-electron chi connectivity index (χ0n) is 27.5. The number of hydrogen-bond acceptors (Lipinski definition) is 0. The van der Waals surface area contributed by atoms with Gasteiger partial charge in [-0.2, -0.15) is 0 Å². The van der Waals surface area contributed by atoms with Gasteiger partial charge < -0.3 is 0 Å². The van der Waals surface area contributed by atoms with Gasteiger partial charge in [0, 0.05) is 0 Å². The molecule has 1 rings (SSSR count). The van der Waals surface area contributed by atoms with E-state index in [2.05, 4.69) is 132 Å². The average Bonchev–Trinajstić information content (AvgIpc) is 2.59. The Morgan fingerprint density at radius 3 is 0.842 bits per heavy atom. The summed E-state index contributed by atoms with van der Waals surface area (Å²) in [5.41, 5.74) is 2.45. The molecule has 1 atom stereocenters. The van der Waals surface area contributed by atoms with E-state index in [1.54, 1.807) is 0 Å². The predicted octanol–water partition coefficient (Wildman–Crippen LogP) is 15.6. The second-order valence-corrected chi connectivity index (χ2v) is 16.4. The summed E-state index contributed by atoms with van der Waals surface area (Å²) in [5.74, 6) is 2.65.